The van der Waals surface area contributed by atoms with E-state index in [4.69, 9.17) is 37.9 Å². The van der Waals surface area contributed by atoms with Gasteiger partial charge >= 0.3 is 36.0 Å². The van der Waals surface area contributed by atoms with Crippen LogP contribution in [0.25, 0.3) is 10.8 Å². The second kappa shape index (κ2) is 30.4. The minimum absolute atomic E-state index is 0.107. The maximum atomic E-state index is 14.3. The molecule has 0 aliphatic rings. The lowest BCUT2D eigenvalue weighted by molar-refractivity contribution is -0.143. The van der Waals surface area contributed by atoms with E-state index in [1.54, 1.807) is 42.5 Å². The number of aryl methyl sites for hydroxylation is 1. The zero-order valence-corrected chi connectivity index (χ0v) is 39.4. The average Bonchev–Trinajstić information content (AvgIpc) is 3.35. The molecule has 4 aromatic rings. The van der Waals surface area contributed by atoms with Crippen molar-refractivity contribution in [3.63, 3.8) is 0 Å². The van der Waals surface area contributed by atoms with E-state index < -0.39 is 53.1 Å². The zero-order valence-electron chi connectivity index (χ0n) is 39.4. The number of fused-ring (bicyclic) bond motifs is 1. The Bertz CT molecular complexity index is 2380. The first-order valence-electron chi connectivity index (χ1n) is 23.4. The number of ether oxygens (including phenoxy) is 8. The Labute approximate surface area is 406 Å². The second-order valence-electron chi connectivity index (χ2n) is 15.9. The average molecular weight is 975 g/mol. The van der Waals surface area contributed by atoms with E-state index in [0.29, 0.717) is 93.2 Å². The summed E-state index contributed by atoms with van der Waals surface area (Å²) in [5.41, 5.74) is -0.531. The highest BCUT2D eigenvalue weighted by atomic mass is 19.4. The number of rotatable bonds is 33. The molecule has 0 saturated heterocycles. The Kier molecular flexibility index (Phi) is 24.1. The molecular formula is C54H61F3O13. The molecule has 0 amide bonds. The van der Waals surface area contributed by atoms with E-state index >= 15 is 0 Å². The van der Waals surface area contributed by atoms with Crippen molar-refractivity contribution < 1.29 is 75.0 Å². The molecule has 0 heterocycles. The van der Waals surface area contributed by atoms with Gasteiger partial charge in [0.15, 0.2) is 11.5 Å². The molecular weight excluding hydrogens is 914 g/mol. The summed E-state index contributed by atoms with van der Waals surface area (Å²) in [5, 5.41) is 1.46. The van der Waals surface area contributed by atoms with Crippen LogP contribution < -0.4 is 23.7 Å². The summed E-state index contributed by atoms with van der Waals surface area (Å²) in [5.74, 6) is -2.74. The Morgan fingerprint density at radius 3 is 1.51 bits per heavy atom. The molecule has 376 valence electrons. The Hall–Kier alpha value is -7.10. The molecule has 0 unspecified atom stereocenters. The molecule has 4 rings (SSSR count). The lowest BCUT2D eigenvalue weighted by atomic mass is 10.1. The molecule has 0 saturated carbocycles. The molecule has 0 aliphatic carbocycles. The summed E-state index contributed by atoms with van der Waals surface area (Å²) in [6.45, 7) is 12.3. The molecule has 0 spiro atoms. The number of unbranched alkanes of at least 4 members (excludes halogenated alkanes) is 9. The van der Waals surface area contributed by atoms with Crippen LogP contribution >= 0.6 is 0 Å². The number of hydrogen-bond acceptors (Lipinski definition) is 13. The lowest BCUT2D eigenvalue weighted by Gasteiger charge is -2.15. The topological polar surface area (TPSA) is 159 Å². The zero-order chi connectivity index (χ0) is 50.6. The fraction of sp³-hybridized carbons (Fsp3) is 0.389. The molecule has 70 heavy (non-hydrogen) atoms. The van der Waals surface area contributed by atoms with Crippen molar-refractivity contribution in [3.8, 4) is 28.7 Å². The maximum Gasteiger partial charge on any atom is 0.420 e. The summed E-state index contributed by atoms with van der Waals surface area (Å²) in [6.07, 6.45) is 7.68. The third-order valence-electron chi connectivity index (χ3n) is 10.5. The number of halogens is 3. The first-order chi connectivity index (χ1) is 33.8. The number of carbonyl (C=O) groups excluding carboxylic acids is 5. The van der Waals surface area contributed by atoms with Gasteiger partial charge in [0, 0.05) is 24.6 Å². The smallest absolute Gasteiger partial charge is 0.420 e. The van der Waals surface area contributed by atoms with Crippen molar-refractivity contribution in [1.29, 1.82) is 0 Å². The van der Waals surface area contributed by atoms with Gasteiger partial charge in [-0.15, -0.1) is 0 Å². The van der Waals surface area contributed by atoms with Crippen LogP contribution in [0.3, 0.4) is 0 Å². The predicted octanol–water partition coefficient (Wildman–Crippen LogP) is 11.6. The van der Waals surface area contributed by atoms with Crippen LogP contribution in [0.5, 0.6) is 28.7 Å². The van der Waals surface area contributed by atoms with Crippen LogP contribution in [-0.2, 0) is 46.0 Å². The van der Waals surface area contributed by atoms with Crippen LogP contribution in [-0.4, -0.2) is 69.5 Å². The van der Waals surface area contributed by atoms with E-state index in [2.05, 4.69) is 19.7 Å². The maximum absolute atomic E-state index is 14.3. The van der Waals surface area contributed by atoms with Gasteiger partial charge in [0.1, 0.15) is 22.8 Å². The number of hydrogen-bond donors (Lipinski definition) is 0. The molecule has 0 bridgehead atoms. The van der Waals surface area contributed by atoms with Gasteiger partial charge in [0.05, 0.1) is 45.2 Å². The van der Waals surface area contributed by atoms with E-state index in [9.17, 15) is 37.1 Å². The van der Waals surface area contributed by atoms with Gasteiger partial charge in [-0.2, -0.15) is 13.2 Å². The Morgan fingerprint density at radius 2 is 0.957 bits per heavy atom. The number of alkyl halides is 3. The van der Waals surface area contributed by atoms with Gasteiger partial charge in [-0.3, -0.25) is 4.79 Å². The van der Waals surface area contributed by atoms with Crippen molar-refractivity contribution >= 4 is 40.6 Å². The minimum Gasteiger partial charge on any atom is -0.494 e. The molecule has 0 aromatic heterocycles. The van der Waals surface area contributed by atoms with Gasteiger partial charge in [-0.25, -0.2) is 19.2 Å². The second-order valence-corrected chi connectivity index (χ2v) is 15.9. The summed E-state index contributed by atoms with van der Waals surface area (Å²) >= 11 is 0. The van der Waals surface area contributed by atoms with Gasteiger partial charge < -0.3 is 37.9 Å². The SMILES string of the molecule is C=CC(=O)OCCCCCCOc1ccc2cc(C(=O)Oc3ccc(OC(=O)CCc4ccc(OCCCCCCOC(=O)C=C)c(OCCCCCCOC(=O)C=C)c4)c(C(F)(F)F)c3)ccc2c1. The van der Waals surface area contributed by atoms with Crippen LogP contribution in [0.1, 0.15) is 105 Å². The third-order valence-corrected chi connectivity index (χ3v) is 10.5. The van der Waals surface area contributed by atoms with Crippen LogP contribution in [0.4, 0.5) is 13.2 Å². The van der Waals surface area contributed by atoms with Crippen LogP contribution in [0, 0.1) is 0 Å². The summed E-state index contributed by atoms with van der Waals surface area (Å²) in [6, 6.07) is 17.9. The minimum atomic E-state index is -4.96. The molecule has 16 heteroatoms. The Balaban J connectivity index is 1.30. The Morgan fingerprint density at radius 1 is 0.471 bits per heavy atom. The largest absolute Gasteiger partial charge is 0.494 e. The van der Waals surface area contributed by atoms with Crippen molar-refractivity contribution in [1.82, 2.24) is 0 Å². The van der Waals surface area contributed by atoms with E-state index in [1.807, 2.05) is 6.07 Å². The molecule has 0 radical (unpaired) electrons. The highest BCUT2D eigenvalue weighted by Gasteiger charge is 2.36. The van der Waals surface area contributed by atoms with E-state index in [-0.39, 0.29) is 18.4 Å². The van der Waals surface area contributed by atoms with E-state index in [1.165, 1.54) is 6.07 Å². The van der Waals surface area contributed by atoms with Crippen molar-refractivity contribution in [2.45, 2.75) is 96.1 Å². The number of esters is 5. The first kappa shape index (κ1) is 55.5. The normalized spacial score (nSPS) is 11.0. The van der Waals surface area contributed by atoms with Gasteiger partial charge in [-0.05, 0) is 154 Å². The van der Waals surface area contributed by atoms with Crippen molar-refractivity contribution in [2.24, 2.45) is 0 Å². The number of carbonyl (C=O) groups is 5. The van der Waals surface area contributed by atoms with Crippen LogP contribution in [0.15, 0.2) is 111 Å². The molecule has 4 aromatic carbocycles. The molecule has 13 nitrogen and oxygen atoms in total. The predicted molar refractivity (Wildman–Crippen MR) is 256 cm³/mol. The van der Waals surface area contributed by atoms with E-state index in [0.717, 1.165) is 93.5 Å². The molecule has 0 atom stereocenters. The van der Waals surface area contributed by atoms with Gasteiger partial charge in [0.25, 0.3) is 0 Å². The first-order valence-corrected chi connectivity index (χ1v) is 23.4. The molecule has 0 N–H and O–H groups in total. The molecule has 0 fully saturated rings. The van der Waals surface area contributed by atoms with Crippen molar-refractivity contribution in [3.05, 3.63) is 127 Å². The fourth-order valence-electron chi connectivity index (χ4n) is 6.77. The lowest BCUT2D eigenvalue weighted by Crippen LogP contribution is -2.15. The fourth-order valence-corrected chi connectivity index (χ4v) is 6.77. The standard InChI is InChI=1S/C54H61F3O13/c1-4-49(58)66-32-16-10-7-13-29-63-43-24-23-40-36-42(22-21-41(40)37-43)53(62)69-44-25-27-46(45(38-44)54(55,56)57)70-52(61)28-20-39-19-26-47(64-30-14-8-11-17-33-67-50(59)5-2)48(35-39)65-31-15-9-12-18-34-68-51(60)6-3/h4-6,19,21-27,35-38H,1-3,7-18,20,28-34H2. The van der Waals surface area contributed by atoms with Crippen molar-refractivity contribution in [2.75, 3.05) is 39.6 Å². The monoisotopic (exact) mass is 974 g/mol. The number of benzene rings is 4. The van der Waals surface area contributed by atoms with Crippen LogP contribution in [0.2, 0.25) is 0 Å². The summed E-state index contributed by atoms with van der Waals surface area (Å²) in [4.78, 5) is 59.7. The van der Waals surface area contributed by atoms with Gasteiger partial charge in [0.2, 0.25) is 0 Å². The third kappa shape index (κ3) is 20.6. The summed E-state index contributed by atoms with van der Waals surface area (Å²) < 4.78 is 86.5. The molecule has 0 aliphatic heterocycles. The quantitative estimate of drug-likeness (QED) is 0.0146. The highest BCUT2D eigenvalue weighted by molar-refractivity contribution is 5.96. The highest BCUT2D eigenvalue weighted by Crippen LogP contribution is 2.39. The summed E-state index contributed by atoms with van der Waals surface area (Å²) in [7, 11) is 0. The van der Waals surface area contributed by atoms with Gasteiger partial charge in [-0.1, -0.05) is 37.9 Å².